The van der Waals surface area contributed by atoms with E-state index in [0.717, 1.165) is 37.8 Å². The molecule has 248 valence electrons. The van der Waals surface area contributed by atoms with Gasteiger partial charge in [0.15, 0.2) is 23.1 Å². The van der Waals surface area contributed by atoms with Crippen LogP contribution in [0.3, 0.4) is 0 Å². The zero-order valence-electron chi connectivity index (χ0n) is 25.3. The second kappa shape index (κ2) is 17.8. The zero-order valence-corrected chi connectivity index (χ0v) is 26.1. The van der Waals surface area contributed by atoms with Crippen LogP contribution in [-0.2, 0) is 26.1 Å². The Morgan fingerprint density at radius 2 is 1.43 bits per heavy atom. The number of halogens is 3. The molecule has 0 radical (unpaired) electrons. The number of aryl methyl sites for hydroxylation is 1. The molecule has 2 fully saturated rings. The van der Waals surface area contributed by atoms with Gasteiger partial charge in [-0.1, -0.05) is 19.3 Å². The Morgan fingerprint density at radius 3 is 2.05 bits per heavy atom. The first-order valence-corrected chi connectivity index (χ1v) is 15.1. The van der Waals surface area contributed by atoms with Gasteiger partial charge in [-0.3, -0.25) is 9.59 Å². The Balaban J connectivity index is 0.00000529. The van der Waals surface area contributed by atoms with Crippen LogP contribution in [0.2, 0.25) is 0 Å². The number of benzene rings is 1. The fraction of sp³-hybridized carbons (Fsp3) is 0.667. The molecule has 11 nitrogen and oxygen atoms in total. The van der Waals surface area contributed by atoms with Crippen molar-refractivity contribution in [3.63, 3.8) is 0 Å². The summed E-state index contributed by atoms with van der Waals surface area (Å²) in [5, 5.41) is 8.96. The maximum Gasteiger partial charge on any atom is 0.274 e. The number of aromatic nitrogens is 1. The van der Waals surface area contributed by atoms with Crippen molar-refractivity contribution in [1.29, 1.82) is 0 Å². The quantitative estimate of drug-likeness (QED) is 0.283. The summed E-state index contributed by atoms with van der Waals surface area (Å²) in [5.74, 6) is -2.13. The molecule has 14 heteroatoms. The Kier molecular flexibility index (Phi) is 14.5. The summed E-state index contributed by atoms with van der Waals surface area (Å²) in [6.45, 7) is 3.19. The summed E-state index contributed by atoms with van der Waals surface area (Å²) in [4.78, 5) is 30.2. The summed E-state index contributed by atoms with van der Waals surface area (Å²) in [6.07, 6.45) is 5.32. The van der Waals surface area contributed by atoms with Crippen LogP contribution in [0.4, 0.5) is 8.78 Å². The fourth-order valence-corrected chi connectivity index (χ4v) is 5.78. The SMILES string of the molecule is Cl.Cn1c(C(=O)N2CCN(C(=O)C(N)C3CCCCC3)CC2)c(OCCOCCOCCOCCO)c2cc(F)c(F)cc21. The number of aliphatic hydroxyl groups is 1. The highest BCUT2D eigenvalue weighted by molar-refractivity contribution is 6.04. The Morgan fingerprint density at radius 1 is 0.886 bits per heavy atom. The van der Waals surface area contributed by atoms with E-state index in [4.69, 9.17) is 29.8 Å². The average Bonchev–Trinajstić information content (AvgIpc) is 3.29. The number of ether oxygens (including phenoxy) is 4. The highest BCUT2D eigenvalue weighted by Crippen LogP contribution is 2.35. The number of carbonyl (C=O) groups is 2. The number of rotatable bonds is 15. The third-order valence-corrected chi connectivity index (χ3v) is 8.17. The number of nitrogens with zero attached hydrogens (tertiary/aromatic N) is 3. The van der Waals surface area contributed by atoms with E-state index >= 15 is 0 Å². The number of amides is 2. The Bertz CT molecular complexity index is 1220. The average molecular weight is 647 g/mol. The number of piperazine rings is 1. The molecule has 1 aromatic carbocycles. The van der Waals surface area contributed by atoms with Gasteiger partial charge in [-0.15, -0.1) is 12.4 Å². The zero-order chi connectivity index (χ0) is 30.8. The number of fused-ring (bicyclic) bond motifs is 1. The van der Waals surface area contributed by atoms with E-state index in [9.17, 15) is 18.4 Å². The second-order valence-electron chi connectivity index (χ2n) is 11.0. The van der Waals surface area contributed by atoms with Crippen LogP contribution in [-0.4, -0.2) is 116 Å². The van der Waals surface area contributed by atoms with Crippen LogP contribution >= 0.6 is 12.4 Å². The molecule has 1 unspecified atom stereocenters. The van der Waals surface area contributed by atoms with Gasteiger partial charge in [0.2, 0.25) is 5.91 Å². The van der Waals surface area contributed by atoms with E-state index in [1.807, 2.05) is 0 Å². The Hall–Kier alpha value is -2.55. The van der Waals surface area contributed by atoms with E-state index in [-0.39, 0.29) is 73.4 Å². The summed E-state index contributed by atoms with van der Waals surface area (Å²) in [5.41, 5.74) is 6.84. The molecule has 2 heterocycles. The van der Waals surface area contributed by atoms with Crippen molar-refractivity contribution < 1.29 is 42.4 Å². The molecule has 2 amide bonds. The Labute approximate surface area is 262 Å². The minimum Gasteiger partial charge on any atom is -0.488 e. The highest BCUT2D eigenvalue weighted by atomic mass is 35.5. The molecule has 1 atom stereocenters. The standard InChI is InChI=1S/C30H44F2N4O7.ClH/c1-34-25-20-24(32)23(31)19-22(25)28(43-18-17-42-16-15-41-14-13-40-12-11-37)27(34)30(39)36-9-7-35(8-10-36)29(38)26(33)21-5-3-2-4-6-21;/h19-21,26,37H,2-18,33H2,1H3;1H. The van der Waals surface area contributed by atoms with Crippen LogP contribution in [0.15, 0.2) is 12.1 Å². The monoisotopic (exact) mass is 646 g/mol. The van der Waals surface area contributed by atoms with Gasteiger partial charge in [0.1, 0.15) is 6.61 Å². The van der Waals surface area contributed by atoms with Gasteiger partial charge in [0, 0.05) is 44.7 Å². The predicted octanol–water partition coefficient (Wildman–Crippen LogP) is 2.49. The van der Waals surface area contributed by atoms with Crippen molar-refractivity contribution in [3.8, 4) is 5.75 Å². The first kappa shape index (κ1) is 35.9. The lowest BCUT2D eigenvalue weighted by molar-refractivity contribution is -0.135. The molecule has 1 aliphatic heterocycles. The van der Waals surface area contributed by atoms with Crippen LogP contribution < -0.4 is 10.5 Å². The molecular weight excluding hydrogens is 602 g/mol. The van der Waals surface area contributed by atoms with Crippen LogP contribution in [0, 0.1) is 17.6 Å². The largest absolute Gasteiger partial charge is 0.488 e. The van der Waals surface area contributed by atoms with Crippen LogP contribution in [0.25, 0.3) is 10.9 Å². The minimum absolute atomic E-state index is 0. The number of aliphatic hydroxyl groups excluding tert-OH is 1. The third kappa shape index (κ3) is 9.01. The lowest BCUT2D eigenvalue weighted by atomic mass is 9.83. The normalized spacial score (nSPS) is 16.7. The second-order valence-corrected chi connectivity index (χ2v) is 11.0. The summed E-state index contributed by atoms with van der Waals surface area (Å²) >= 11 is 0. The first-order chi connectivity index (χ1) is 20.8. The van der Waals surface area contributed by atoms with E-state index in [1.165, 1.54) is 11.0 Å². The van der Waals surface area contributed by atoms with Crippen LogP contribution in [0.5, 0.6) is 5.75 Å². The summed E-state index contributed by atoms with van der Waals surface area (Å²) in [6, 6.07) is 1.56. The van der Waals surface area contributed by atoms with Crippen LogP contribution in [0.1, 0.15) is 42.6 Å². The molecule has 1 aliphatic carbocycles. The number of nitrogens with two attached hydrogens (primary N) is 1. The molecule has 0 spiro atoms. The fourth-order valence-electron chi connectivity index (χ4n) is 5.78. The molecule has 3 N–H and O–H groups in total. The minimum atomic E-state index is -1.04. The van der Waals surface area contributed by atoms with Crippen molar-refractivity contribution in [2.24, 2.45) is 18.7 Å². The first-order valence-electron chi connectivity index (χ1n) is 15.1. The van der Waals surface area contributed by atoms with Crippen molar-refractivity contribution in [2.45, 2.75) is 38.1 Å². The van der Waals surface area contributed by atoms with E-state index in [2.05, 4.69) is 0 Å². The maximum atomic E-state index is 14.3. The molecule has 0 bridgehead atoms. The van der Waals surface area contributed by atoms with Crippen molar-refractivity contribution >= 4 is 35.1 Å². The number of hydrogen-bond acceptors (Lipinski definition) is 8. The number of carbonyl (C=O) groups excluding carboxylic acids is 2. The lowest BCUT2D eigenvalue weighted by Crippen LogP contribution is -2.56. The molecular formula is C30H45ClF2N4O7. The van der Waals surface area contributed by atoms with Gasteiger partial charge in [0.05, 0.1) is 57.8 Å². The van der Waals surface area contributed by atoms with Gasteiger partial charge in [-0.2, -0.15) is 0 Å². The van der Waals surface area contributed by atoms with Gasteiger partial charge in [-0.05, 0) is 24.8 Å². The third-order valence-electron chi connectivity index (χ3n) is 8.17. The molecule has 4 rings (SSSR count). The lowest BCUT2D eigenvalue weighted by Gasteiger charge is -2.37. The van der Waals surface area contributed by atoms with E-state index in [1.54, 1.807) is 16.8 Å². The molecule has 1 aromatic heterocycles. The molecule has 2 aromatic rings. The van der Waals surface area contributed by atoms with E-state index in [0.29, 0.717) is 58.1 Å². The van der Waals surface area contributed by atoms with Gasteiger partial charge in [-0.25, -0.2) is 8.78 Å². The molecule has 2 aliphatic rings. The number of hydrogen-bond donors (Lipinski definition) is 2. The molecule has 44 heavy (non-hydrogen) atoms. The summed E-state index contributed by atoms with van der Waals surface area (Å²) in [7, 11) is 1.61. The predicted molar refractivity (Wildman–Crippen MR) is 162 cm³/mol. The van der Waals surface area contributed by atoms with Gasteiger partial charge >= 0.3 is 0 Å². The van der Waals surface area contributed by atoms with Crippen molar-refractivity contribution in [2.75, 3.05) is 79.0 Å². The van der Waals surface area contributed by atoms with Gasteiger partial charge < -0.3 is 44.2 Å². The molecule has 1 saturated heterocycles. The highest BCUT2D eigenvalue weighted by Gasteiger charge is 2.34. The smallest absolute Gasteiger partial charge is 0.274 e. The molecule has 1 saturated carbocycles. The van der Waals surface area contributed by atoms with Crippen molar-refractivity contribution in [3.05, 3.63) is 29.5 Å². The van der Waals surface area contributed by atoms with E-state index < -0.39 is 17.7 Å². The topological polar surface area (TPSA) is 129 Å². The van der Waals surface area contributed by atoms with Crippen molar-refractivity contribution in [1.82, 2.24) is 14.4 Å². The van der Waals surface area contributed by atoms with Gasteiger partial charge in [0.25, 0.3) is 5.91 Å². The maximum absolute atomic E-state index is 14.3. The summed E-state index contributed by atoms with van der Waals surface area (Å²) < 4.78 is 51.9.